The third-order valence-corrected chi connectivity index (χ3v) is 6.10. The summed E-state index contributed by atoms with van der Waals surface area (Å²) in [5.74, 6) is -0.111. The summed E-state index contributed by atoms with van der Waals surface area (Å²) in [7, 11) is 1.99. The molecule has 0 aliphatic carbocycles. The molecule has 2 amide bonds. The molecular formula is C20H20BrN3O2. The first-order valence-electron chi connectivity index (χ1n) is 8.71. The monoisotopic (exact) mass is 413 g/mol. The van der Waals surface area contributed by atoms with Gasteiger partial charge < -0.3 is 15.1 Å². The number of anilines is 2. The summed E-state index contributed by atoms with van der Waals surface area (Å²) < 4.78 is 1.01. The van der Waals surface area contributed by atoms with Gasteiger partial charge in [-0.2, -0.15) is 0 Å². The van der Waals surface area contributed by atoms with Crippen molar-refractivity contribution < 1.29 is 9.59 Å². The Morgan fingerprint density at radius 2 is 2.04 bits per heavy atom. The quantitative estimate of drug-likeness (QED) is 0.808. The average Bonchev–Trinajstić information content (AvgIpc) is 3.12. The van der Waals surface area contributed by atoms with E-state index in [1.807, 2.05) is 43.1 Å². The van der Waals surface area contributed by atoms with Crippen molar-refractivity contribution in [1.82, 2.24) is 4.90 Å². The van der Waals surface area contributed by atoms with Crippen LogP contribution in [0.3, 0.4) is 0 Å². The van der Waals surface area contributed by atoms with E-state index in [4.69, 9.17) is 0 Å². The maximum Gasteiger partial charge on any atom is 0.257 e. The van der Waals surface area contributed by atoms with Crippen LogP contribution in [-0.2, 0) is 0 Å². The van der Waals surface area contributed by atoms with Crippen molar-refractivity contribution in [3.8, 4) is 0 Å². The Hall–Kier alpha value is -2.34. The standard InChI is InChI=1S/C20H20BrN3O2/c1-12-10-14(6-8-16(12)21)22-19(25)13-5-7-15-17(11-13)23(2)18-4-3-9-24(18)20(15)26/h5-8,10-11,18H,3-4,9H2,1-2H3,(H,22,25)/t18-/m0/s1. The molecule has 0 unspecified atom stereocenters. The van der Waals surface area contributed by atoms with Crippen LogP contribution in [0, 0.1) is 6.92 Å². The molecule has 2 heterocycles. The normalized spacial score (nSPS) is 18.6. The number of amides is 2. The molecule has 4 rings (SSSR count). The number of benzene rings is 2. The van der Waals surface area contributed by atoms with Crippen molar-refractivity contribution in [2.75, 3.05) is 23.8 Å². The molecule has 1 saturated heterocycles. The second kappa shape index (κ2) is 6.43. The average molecular weight is 414 g/mol. The maximum absolute atomic E-state index is 12.7. The van der Waals surface area contributed by atoms with E-state index in [9.17, 15) is 9.59 Å². The molecule has 2 aromatic rings. The van der Waals surface area contributed by atoms with Crippen molar-refractivity contribution >= 4 is 39.1 Å². The predicted octanol–water partition coefficient (Wildman–Crippen LogP) is 4.02. The van der Waals surface area contributed by atoms with E-state index in [-0.39, 0.29) is 18.0 Å². The van der Waals surface area contributed by atoms with E-state index < -0.39 is 0 Å². The number of nitrogens with one attached hydrogen (secondary N) is 1. The zero-order valence-electron chi connectivity index (χ0n) is 14.8. The van der Waals surface area contributed by atoms with E-state index in [0.29, 0.717) is 11.1 Å². The largest absolute Gasteiger partial charge is 0.354 e. The highest BCUT2D eigenvalue weighted by Gasteiger charge is 2.38. The van der Waals surface area contributed by atoms with Crippen LogP contribution in [-0.4, -0.2) is 36.5 Å². The zero-order valence-corrected chi connectivity index (χ0v) is 16.3. The minimum Gasteiger partial charge on any atom is -0.354 e. The van der Waals surface area contributed by atoms with Crippen LogP contribution < -0.4 is 10.2 Å². The van der Waals surface area contributed by atoms with E-state index in [1.165, 1.54) is 0 Å². The molecule has 6 heteroatoms. The third kappa shape index (κ3) is 2.78. The highest BCUT2D eigenvalue weighted by molar-refractivity contribution is 9.10. The summed E-state index contributed by atoms with van der Waals surface area (Å²) in [4.78, 5) is 29.4. The molecule has 2 aliphatic heterocycles. The maximum atomic E-state index is 12.7. The van der Waals surface area contributed by atoms with Gasteiger partial charge in [-0.05, 0) is 61.7 Å². The highest BCUT2D eigenvalue weighted by atomic mass is 79.9. The predicted molar refractivity (Wildman–Crippen MR) is 106 cm³/mol. The lowest BCUT2D eigenvalue weighted by molar-refractivity contribution is 0.0719. The summed E-state index contributed by atoms with van der Waals surface area (Å²) in [6.45, 7) is 2.78. The number of aryl methyl sites for hydroxylation is 1. The van der Waals surface area contributed by atoms with Gasteiger partial charge in [0, 0.05) is 29.3 Å². The Balaban J connectivity index is 1.62. The van der Waals surface area contributed by atoms with Gasteiger partial charge in [-0.1, -0.05) is 15.9 Å². The van der Waals surface area contributed by atoms with E-state index in [1.54, 1.807) is 12.1 Å². The lowest BCUT2D eigenvalue weighted by atomic mass is 10.0. The highest BCUT2D eigenvalue weighted by Crippen LogP contribution is 2.35. The van der Waals surface area contributed by atoms with Gasteiger partial charge in [0.05, 0.1) is 11.3 Å². The van der Waals surface area contributed by atoms with Crippen molar-refractivity contribution in [1.29, 1.82) is 0 Å². The molecule has 2 aliphatic rings. The molecule has 2 aromatic carbocycles. The fraction of sp³-hybridized carbons (Fsp3) is 0.300. The second-order valence-corrected chi connectivity index (χ2v) is 7.74. The number of hydrogen-bond donors (Lipinski definition) is 1. The smallest absolute Gasteiger partial charge is 0.257 e. The van der Waals surface area contributed by atoms with Crippen LogP contribution >= 0.6 is 15.9 Å². The minimum atomic E-state index is -0.177. The number of hydrogen-bond acceptors (Lipinski definition) is 3. The van der Waals surface area contributed by atoms with Gasteiger partial charge in [0.25, 0.3) is 11.8 Å². The number of carbonyl (C=O) groups is 2. The minimum absolute atomic E-state index is 0.0658. The molecule has 0 bridgehead atoms. The molecule has 0 aromatic heterocycles. The Kier molecular flexibility index (Phi) is 4.23. The van der Waals surface area contributed by atoms with Crippen LogP contribution in [0.1, 0.15) is 39.1 Å². The summed E-state index contributed by atoms with van der Waals surface area (Å²) in [6, 6.07) is 11.0. The van der Waals surface area contributed by atoms with Crippen LogP contribution in [0.2, 0.25) is 0 Å². The number of nitrogens with zero attached hydrogens (tertiary/aromatic N) is 2. The third-order valence-electron chi connectivity index (χ3n) is 5.22. The Morgan fingerprint density at radius 3 is 2.81 bits per heavy atom. The van der Waals surface area contributed by atoms with Gasteiger partial charge in [-0.25, -0.2) is 0 Å². The molecule has 134 valence electrons. The number of halogens is 1. The second-order valence-electron chi connectivity index (χ2n) is 6.88. The van der Waals surface area contributed by atoms with Crippen LogP contribution in [0.25, 0.3) is 0 Å². The number of carbonyl (C=O) groups excluding carboxylic acids is 2. The van der Waals surface area contributed by atoms with Gasteiger partial charge >= 0.3 is 0 Å². The summed E-state index contributed by atoms with van der Waals surface area (Å²) >= 11 is 3.46. The molecule has 1 fully saturated rings. The van der Waals surface area contributed by atoms with Gasteiger partial charge in [0.15, 0.2) is 0 Å². The molecular weight excluding hydrogens is 394 g/mol. The summed E-state index contributed by atoms with van der Waals surface area (Å²) in [6.07, 6.45) is 2.09. The van der Waals surface area contributed by atoms with Crippen molar-refractivity contribution in [3.05, 3.63) is 57.6 Å². The first-order valence-corrected chi connectivity index (χ1v) is 9.50. The van der Waals surface area contributed by atoms with Crippen LogP contribution in [0.15, 0.2) is 40.9 Å². The first kappa shape index (κ1) is 17.1. The fourth-order valence-corrected chi connectivity index (χ4v) is 4.02. The van der Waals surface area contributed by atoms with Gasteiger partial charge in [-0.3, -0.25) is 9.59 Å². The van der Waals surface area contributed by atoms with Crippen molar-refractivity contribution in [2.24, 2.45) is 0 Å². The first-order chi connectivity index (χ1) is 12.5. The van der Waals surface area contributed by atoms with Gasteiger partial charge in [0.2, 0.25) is 0 Å². The summed E-state index contributed by atoms with van der Waals surface area (Å²) in [5.41, 5.74) is 3.86. The lowest BCUT2D eigenvalue weighted by Gasteiger charge is -2.40. The van der Waals surface area contributed by atoms with E-state index in [0.717, 1.165) is 40.8 Å². The fourth-order valence-electron chi connectivity index (χ4n) is 3.78. The molecule has 1 atom stereocenters. The molecule has 0 spiro atoms. The van der Waals surface area contributed by atoms with Crippen LogP contribution in [0.4, 0.5) is 11.4 Å². The molecule has 0 radical (unpaired) electrons. The van der Waals surface area contributed by atoms with Crippen molar-refractivity contribution in [3.63, 3.8) is 0 Å². The SMILES string of the molecule is Cc1cc(NC(=O)c2ccc3c(c2)N(C)[C@@H]2CCCN2C3=O)ccc1Br. The van der Waals surface area contributed by atoms with Gasteiger partial charge in [-0.15, -0.1) is 0 Å². The Labute approximate surface area is 161 Å². The summed E-state index contributed by atoms with van der Waals surface area (Å²) in [5, 5.41) is 2.93. The number of rotatable bonds is 2. The van der Waals surface area contributed by atoms with E-state index in [2.05, 4.69) is 26.1 Å². The lowest BCUT2D eigenvalue weighted by Crippen LogP contribution is -2.50. The topological polar surface area (TPSA) is 52.7 Å². The molecule has 26 heavy (non-hydrogen) atoms. The number of fused-ring (bicyclic) bond motifs is 2. The Bertz CT molecular complexity index is 912. The van der Waals surface area contributed by atoms with Gasteiger partial charge in [0.1, 0.15) is 6.17 Å². The molecule has 1 N–H and O–H groups in total. The van der Waals surface area contributed by atoms with Crippen molar-refractivity contribution in [2.45, 2.75) is 25.9 Å². The molecule has 5 nitrogen and oxygen atoms in total. The molecule has 0 saturated carbocycles. The van der Waals surface area contributed by atoms with E-state index >= 15 is 0 Å². The zero-order chi connectivity index (χ0) is 18.4. The van der Waals surface area contributed by atoms with Crippen LogP contribution in [0.5, 0.6) is 0 Å². The Morgan fingerprint density at radius 1 is 1.23 bits per heavy atom.